The average Bonchev–Trinajstić information content (AvgIpc) is 2.74. The highest BCUT2D eigenvalue weighted by Gasteiger charge is 2.40. The molecule has 22 heavy (non-hydrogen) atoms. The number of hydrogen-bond donors (Lipinski definition) is 1. The van der Waals surface area contributed by atoms with Gasteiger partial charge in [-0.25, -0.2) is 0 Å². The second kappa shape index (κ2) is 4.34. The van der Waals surface area contributed by atoms with Gasteiger partial charge in [0.05, 0.1) is 13.7 Å². The molecule has 1 nitrogen and oxygen atoms in total. The fourth-order valence-electron chi connectivity index (χ4n) is 2.37. The molecule has 0 fully saturated rings. The monoisotopic (exact) mass is 311 g/mol. The van der Waals surface area contributed by atoms with E-state index in [1.165, 1.54) is 0 Å². The molecular weight excluding hydrogens is 289 g/mol. The summed E-state index contributed by atoms with van der Waals surface area (Å²) in [5, 5.41) is 0.512. The van der Waals surface area contributed by atoms with Crippen LogP contribution in [0.2, 0.25) is 0 Å². The zero-order valence-electron chi connectivity index (χ0n) is 21.5. The Bertz CT molecular complexity index is 1480. The maximum absolute atomic E-state index is 13.8. The largest absolute Gasteiger partial charge is 0.418 e. The van der Waals surface area contributed by atoms with E-state index in [0.29, 0.717) is 0 Å². The minimum Gasteiger partial charge on any atom is -0.379 e. The summed E-state index contributed by atoms with van der Waals surface area (Å²) in [7, 11) is 0. The van der Waals surface area contributed by atoms with Crippen molar-refractivity contribution in [1.29, 1.82) is 1.43 Å². The van der Waals surface area contributed by atoms with E-state index in [0.717, 1.165) is 0 Å². The van der Waals surface area contributed by atoms with Crippen LogP contribution in [0.1, 0.15) is 25.4 Å². The molecule has 4 heteroatoms. The van der Waals surface area contributed by atoms with Crippen LogP contribution in [-0.4, -0.2) is 12.7 Å². The lowest BCUT2D eigenvalue weighted by Gasteiger charge is -2.19. The predicted molar refractivity (Wildman–Crippen MR) is 81.2 cm³/mol. The van der Waals surface area contributed by atoms with Crippen LogP contribution in [0.5, 0.6) is 0 Å². The van der Waals surface area contributed by atoms with Gasteiger partial charge in [0, 0.05) is 0 Å². The summed E-state index contributed by atoms with van der Waals surface area (Å²) >= 11 is 0. The SMILES string of the molecule is [2H]OC([2H])(c1c([2H])c([2H])c2c([2H])c([2H])c3c([2H])c([2H])c([2H])c4c([2H])c([2H])c1c2c34)C(F)(F)F. The molecule has 0 aliphatic heterocycles. The van der Waals surface area contributed by atoms with E-state index >= 15 is 0 Å². The topological polar surface area (TPSA) is 20.2 Å². The molecule has 0 aliphatic carbocycles. The number of alkyl halides is 3. The third kappa shape index (κ3) is 1.77. The summed E-state index contributed by atoms with van der Waals surface area (Å²) in [5.74, 6) is 0. The Morgan fingerprint density at radius 1 is 0.909 bits per heavy atom. The highest BCUT2D eigenvalue weighted by Crippen LogP contribution is 2.41. The fourth-order valence-corrected chi connectivity index (χ4v) is 2.37. The van der Waals surface area contributed by atoms with Gasteiger partial charge >= 0.3 is 6.18 Å². The van der Waals surface area contributed by atoms with Crippen molar-refractivity contribution < 1.29 is 32.0 Å². The molecule has 0 saturated carbocycles. The summed E-state index contributed by atoms with van der Waals surface area (Å²) < 4.78 is 130. The third-order valence-corrected chi connectivity index (χ3v) is 3.30. The molecule has 0 amide bonds. The van der Waals surface area contributed by atoms with Gasteiger partial charge in [0.25, 0.3) is 0 Å². The molecule has 0 bridgehead atoms. The van der Waals surface area contributed by atoms with Crippen LogP contribution in [0.25, 0.3) is 32.3 Å². The number of rotatable bonds is 2. The van der Waals surface area contributed by atoms with Gasteiger partial charge in [0.15, 0.2) is 6.08 Å². The first-order valence-corrected chi connectivity index (χ1v) is 6.02. The normalized spacial score (nSPS) is 22.6. The highest BCUT2D eigenvalue weighted by molar-refractivity contribution is 6.23. The van der Waals surface area contributed by atoms with Gasteiger partial charge < -0.3 is 5.11 Å². The third-order valence-electron chi connectivity index (χ3n) is 3.30. The second-order valence-electron chi connectivity index (χ2n) is 4.58. The molecule has 1 N–H and O–H groups in total. The highest BCUT2D eigenvalue weighted by atomic mass is 19.4. The first-order valence-electron chi connectivity index (χ1n) is 11.4. The van der Waals surface area contributed by atoms with E-state index in [1.54, 1.807) is 0 Å². The van der Waals surface area contributed by atoms with Crippen LogP contribution < -0.4 is 0 Å². The van der Waals surface area contributed by atoms with Crippen molar-refractivity contribution in [3.05, 3.63) is 59.9 Å². The van der Waals surface area contributed by atoms with E-state index < -0.39 is 99.1 Å². The maximum Gasteiger partial charge on any atom is 0.418 e. The van der Waals surface area contributed by atoms with Crippen LogP contribution in [0.4, 0.5) is 13.2 Å². The zero-order valence-corrected chi connectivity index (χ0v) is 10.5. The fraction of sp³-hybridized carbons (Fsp3) is 0.111. The molecule has 0 radical (unpaired) electrons. The molecule has 0 saturated heterocycles. The van der Waals surface area contributed by atoms with Gasteiger partial charge in [0.1, 0.15) is 0 Å². The van der Waals surface area contributed by atoms with Gasteiger partial charge in [-0.1, -0.05) is 54.4 Å². The van der Waals surface area contributed by atoms with Crippen molar-refractivity contribution in [3.8, 4) is 0 Å². The molecule has 0 heterocycles. The van der Waals surface area contributed by atoms with Crippen molar-refractivity contribution >= 4 is 32.3 Å². The van der Waals surface area contributed by atoms with Crippen LogP contribution in [0.15, 0.2) is 54.4 Å². The summed E-state index contributed by atoms with van der Waals surface area (Å²) in [6.45, 7) is 0. The standard InChI is InChI=1S/C18H11F3O/c19-18(20,21)17(22)14-9-7-12-5-4-10-2-1-3-11-6-8-13(14)16(12)15(10)11/h1-9,17,22H/i1D,2D,3D,4D,5D,6D,7D,8D,9D,17D,22D. The van der Waals surface area contributed by atoms with Crippen molar-refractivity contribution in [2.24, 2.45) is 0 Å². The first kappa shape index (κ1) is 6.05. The van der Waals surface area contributed by atoms with E-state index in [-0.39, 0.29) is 5.39 Å². The van der Waals surface area contributed by atoms with Crippen molar-refractivity contribution in [1.82, 2.24) is 0 Å². The lowest BCUT2D eigenvalue weighted by Crippen LogP contribution is -2.20. The quantitative estimate of drug-likeness (QED) is 0.506. The molecule has 4 rings (SSSR count). The van der Waals surface area contributed by atoms with Crippen molar-refractivity contribution in [3.63, 3.8) is 0 Å². The molecular formula is C18H11F3O. The Kier molecular flexibility index (Phi) is 1.19. The Labute approximate surface area is 139 Å². The Hall–Kier alpha value is -2.33. The van der Waals surface area contributed by atoms with Gasteiger partial charge in [0.2, 0.25) is 1.43 Å². The molecule has 0 aromatic heterocycles. The van der Waals surface area contributed by atoms with Gasteiger partial charge in [-0.15, -0.1) is 0 Å². The number of benzene rings is 4. The van der Waals surface area contributed by atoms with Crippen LogP contribution in [-0.2, 0) is 0 Å². The number of aliphatic hydroxyl groups is 1. The predicted octanol–water partition coefficient (Wildman–Crippen LogP) is 5.18. The van der Waals surface area contributed by atoms with E-state index in [9.17, 15) is 13.2 Å². The minimum atomic E-state index is -5.62. The maximum atomic E-state index is 13.8. The minimum absolute atomic E-state index is 0.364. The summed E-state index contributed by atoms with van der Waals surface area (Å²) in [6, 6.07) is -7.77. The molecule has 0 spiro atoms. The molecule has 110 valence electrons. The molecule has 4 aromatic carbocycles. The van der Waals surface area contributed by atoms with Crippen molar-refractivity contribution in [2.75, 3.05) is 0 Å². The summed E-state index contributed by atoms with van der Waals surface area (Å²) in [6.07, 6.45) is -9.86. The summed E-state index contributed by atoms with van der Waals surface area (Å²) in [5.41, 5.74) is -1.42. The zero-order chi connectivity index (χ0) is 24.9. The van der Waals surface area contributed by atoms with Crippen LogP contribution in [0, 0.1) is 0 Å². The Morgan fingerprint density at radius 3 is 2.14 bits per heavy atom. The molecule has 4 aromatic rings. The lowest BCUT2D eigenvalue weighted by molar-refractivity contribution is -0.206. The average molecular weight is 311 g/mol. The lowest BCUT2D eigenvalue weighted by atomic mass is 9.90. The van der Waals surface area contributed by atoms with E-state index in [1.807, 2.05) is 0 Å². The van der Waals surface area contributed by atoms with Crippen LogP contribution in [0.3, 0.4) is 0 Å². The van der Waals surface area contributed by atoms with E-state index in [2.05, 4.69) is 5.11 Å². The first-order chi connectivity index (χ1) is 15.1. The number of hydrogen-bond acceptors (Lipinski definition) is 1. The van der Waals surface area contributed by atoms with Gasteiger partial charge in [-0.05, 0) is 37.9 Å². The smallest absolute Gasteiger partial charge is 0.379 e. The summed E-state index contributed by atoms with van der Waals surface area (Å²) in [4.78, 5) is 0. The van der Waals surface area contributed by atoms with E-state index in [4.69, 9.17) is 15.1 Å². The van der Waals surface area contributed by atoms with Gasteiger partial charge in [-0.3, -0.25) is 0 Å². The Balaban J connectivity index is 2.54. The second-order valence-corrected chi connectivity index (χ2v) is 4.58. The number of halogens is 3. The Morgan fingerprint density at radius 2 is 1.50 bits per heavy atom. The van der Waals surface area contributed by atoms with Crippen molar-refractivity contribution in [2.45, 2.75) is 12.3 Å². The van der Waals surface area contributed by atoms with Gasteiger partial charge in [-0.2, -0.15) is 13.2 Å². The molecule has 1 unspecified atom stereocenters. The molecule has 1 atom stereocenters. The van der Waals surface area contributed by atoms with Crippen LogP contribution >= 0.6 is 0 Å². The molecule has 0 aliphatic rings.